The molecule has 0 saturated carbocycles. The van der Waals surface area contributed by atoms with Crippen LogP contribution < -0.4 is 5.32 Å². The number of aryl methyl sites for hydroxylation is 1. The van der Waals surface area contributed by atoms with Gasteiger partial charge in [0, 0.05) is 28.1 Å². The van der Waals surface area contributed by atoms with Gasteiger partial charge in [-0.1, -0.05) is 11.6 Å². The summed E-state index contributed by atoms with van der Waals surface area (Å²) in [6, 6.07) is 9.92. The molecule has 2 heterocycles. The lowest BCUT2D eigenvalue weighted by Gasteiger charge is -2.04. The molecule has 0 atom stereocenters. The van der Waals surface area contributed by atoms with Gasteiger partial charge in [-0.05, 0) is 65.9 Å². The molecule has 0 aliphatic heterocycles. The van der Waals surface area contributed by atoms with Crippen LogP contribution in [0, 0.1) is 3.57 Å². The lowest BCUT2D eigenvalue weighted by atomic mass is 10.2. The van der Waals surface area contributed by atoms with E-state index in [-0.39, 0.29) is 0 Å². The van der Waals surface area contributed by atoms with Gasteiger partial charge in [-0.25, -0.2) is 4.98 Å². The predicted molar refractivity (Wildman–Crippen MR) is 100 cm³/mol. The summed E-state index contributed by atoms with van der Waals surface area (Å²) >= 11 is 8.53. The molecule has 0 aliphatic rings. The van der Waals surface area contributed by atoms with Crippen LogP contribution in [0.4, 0.5) is 0 Å². The summed E-state index contributed by atoms with van der Waals surface area (Å²) in [5, 5.41) is 4.10. The number of halogens is 2. The minimum Gasteiger partial charge on any atom is -0.460 e. The summed E-state index contributed by atoms with van der Waals surface area (Å²) in [5.41, 5.74) is 0.929. The summed E-state index contributed by atoms with van der Waals surface area (Å²) in [4.78, 5) is 4.03. The Morgan fingerprint density at radius 3 is 2.96 bits per heavy atom. The number of hydrogen-bond donors (Lipinski definition) is 1. The maximum absolute atomic E-state index is 6.28. The molecule has 0 unspecified atom stereocenters. The lowest BCUT2D eigenvalue weighted by molar-refractivity contribution is 0.484. The molecule has 4 nitrogen and oxygen atoms in total. The summed E-state index contributed by atoms with van der Waals surface area (Å²) in [7, 11) is 0. The van der Waals surface area contributed by atoms with Gasteiger partial charge in [-0.15, -0.1) is 0 Å². The molecule has 0 amide bonds. The first-order chi connectivity index (χ1) is 11.2. The minimum absolute atomic E-state index is 0.714. The second kappa shape index (κ2) is 7.99. The third-order valence-corrected chi connectivity index (χ3v) is 4.47. The molecule has 3 rings (SSSR count). The predicted octanol–water partition coefficient (Wildman–Crippen LogP) is 4.58. The van der Waals surface area contributed by atoms with Crippen molar-refractivity contribution in [2.45, 2.75) is 19.5 Å². The summed E-state index contributed by atoms with van der Waals surface area (Å²) in [6.07, 6.45) is 6.66. The van der Waals surface area contributed by atoms with Crippen molar-refractivity contribution < 1.29 is 4.42 Å². The van der Waals surface area contributed by atoms with E-state index in [0.29, 0.717) is 11.6 Å². The Morgan fingerprint density at radius 2 is 2.17 bits per heavy atom. The lowest BCUT2D eigenvalue weighted by Crippen LogP contribution is -2.15. The number of imidazole rings is 1. The molecule has 0 radical (unpaired) electrons. The smallest absolute Gasteiger partial charge is 0.135 e. The topological polar surface area (TPSA) is 43.0 Å². The van der Waals surface area contributed by atoms with Crippen LogP contribution in [0.2, 0.25) is 5.02 Å². The molecule has 120 valence electrons. The number of nitrogens with zero attached hydrogens (tertiary/aromatic N) is 2. The normalized spacial score (nSPS) is 11.0. The van der Waals surface area contributed by atoms with E-state index in [4.69, 9.17) is 16.0 Å². The number of furan rings is 1. The van der Waals surface area contributed by atoms with E-state index in [9.17, 15) is 0 Å². The number of nitrogens with one attached hydrogen (secondary N) is 1. The number of benzene rings is 1. The van der Waals surface area contributed by atoms with Crippen molar-refractivity contribution in [1.82, 2.24) is 14.9 Å². The summed E-state index contributed by atoms with van der Waals surface area (Å²) < 4.78 is 9.07. The average molecular weight is 442 g/mol. The largest absolute Gasteiger partial charge is 0.460 e. The SMILES string of the molecule is Clc1cc(I)ccc1-c1ccc(CNCCCn2ccnc2)o1. The van der Waals surface area contributed by atoms with Crippen LogP contribution in [0.1, 0.15) is 12.2 Å². The van der Waals surface area contributed by atoms with Gasteiger partial charge in [0.15, 0.2) is 0 Å². The Hall–Kier alpha value is -1.31. The van der Waals surface area contributed by atoms with Crippen LogP contribution in [0.25, 0.3) is 11.3 Å². The maximum atomic E-state index is 6.28. The zero-order valence-electron chi connectivity index (χ0n) is 12.5. The van der Waals surface area contributed by atoms with E-state index in [1.165, 1.54) is 0 Å². The Balaban J connectivity index is 1.49. The van der Waals surface area contributed by atoms with Crippen LogP contribution in [-0.4, -0.2) is 16.1 Å². The van der Waals surface area contributed by atoms with Crippen molar-refractivity contribution in [2.75, 3.05) is 6.54 Å². The molecule has 2 aromatic heterocycles. The van der Waals surface area contributed by atoms with Crippen LogP contribution in [0.3, 0.4) is 0 Å². The number of rotatable bonds is 7. The first-order valence-corrected chi connectivity index (χ1v) is 8.88. The molecule has 0 aliphatic carbocycles. The Kier molecular flexibility index (Phi) is 5.75. The maximum Gasteiger partial charge on any atom is 0.135 e. The van der Waals surface area contributed by atoms with Crippen LogP contribution in [0.15, 0.2) is 53.5 Å². The Bertz CT molecular complexity index is 755. The van der Waals surface area contributed by atoms with Crippen LogP contribution in [-0.2, 0) is 13.1 Å². The molecule has 1 aromatic carbocycles. The van der Waals surface area contributed by atoms with Gasteiger partial charge in [-0.2, -0.15) is 0 Å². The highest BCUT2D eigenvalue weighted by atomic mass is 127. The molecule has 1 N–H and O–H groups in total. The van der Waals surface area contributed by atoms with Gasteiger partial charge in [0.2, 0.25) is 0 Å². The molecule has 3 aromatic rings. The van der Waals surface area contributed by atoms with Gasteiger partial charge in [0.05, 0.1) is 17.9 Å². The van der Waals surface area contributed by atoms with Crippen molar-refractivity contribution in [3.8, 4) is 11.3 Å². The fourth-order valence-corrected chi connectivity index (χ4v) is 3.27. The van der Waals surface area contributed by atoms with Gasteiger partial charge < -0.3 is 14.3 Å². The third kappa shape index (κ3) is 4.59. The molecular weight excluding hydrogens is 425 g/mol. The van der Waals surface area contributed by atoms with E-state index in [1.807, 2.05) is 42.9 Å². The van der Waals surface area contributed by atoms with Gasteiger partial charge in [0.1, 0.15) is 11.5 Å². The van der Waals surface area contributed by atoms with E-state index < -0.39 is 0 Å². The first kappa shape index (κ1) is 16.5. The van der Waals surface area contributed by atoms with Gasteiger partial charge >= 0.3 is 0 Å². The fourth-order valence-electron chi connectivity index (χ4n) is 2.32. The highest BCUT2D eigenvalue weighted by Gasteiger charge is 2.08. The quantitative estimate of drug-likeness (QED) is 0.431. The number of hydrogen-bond acceptors (Lipinski definition) is 3. The van der Waals surface area contributed by atoms with Crippen molar-refractivity contribution in [1.29, 1.82) is 0 Å². The highest BCUT2D eigenvalue weighted by Crippen LogP contribution is 2.30. The van der Waals surface area contributed by atoms with Crippen molar-refractivity contribution in [3.05, 3.63) is 63.4 Å². The van der Waals surface area contributed by atoms with E-state index in [1.54, 1.807) is 6.20 Å². The van der Waals surface area contributed by atoms with E-state index >= 15 is 0 Å². The average Bonchev–Trinajstić information content (AvgIpc) is 3.18. The molecule has 6 heteroatoms. The third-order valence-electron chi connectivity index (χ3n) is 3.49. The molecule has 23 heavy (non-hydrogen) atoms. The molecular formula is C17H17ClIN3O. The summed E-state index contributed by atoms with van der Waals surface area (Å²) in [5.74, 6) is 1.72. The standard InChI is InChI=1S/C17H17ClIN3O/c18-16-10-13(19)2-4-15(16)17-5-3-14(23-17)11-20-6-1-8-22-9-7-21-12-22/h2-5,7,9-10,12,20H,1,6,8,11H2. The molecule has 0 saturated heterocycles. The van der Waals surface area contributed by atoms with Crippen molar-refractivity contribution in [3.63, 3.8) is 0 Å². The fraction of sp³-hybridized carbons (Fsp3) is 0.235. The number of aromatic nitrogens is 2. The zero-order chi connectivity index (χ0) is 16.1. The molecule has 0 fully saturated rings. The molecule has 0 spiro atoms. The van der Waals surface area contributed by atoms with E-state index in [0.717, 1.165) is 40.2 Å². The minimum atomic E-state index is 0.714. The monoisotopic (exact) mass is 441 g/mol. The first-order valence-electron chi connectivity index (χ1n) is 7.43. The zero-order valence-corrected chi connectivity index (χ0v) is 15.4. The van der Waals surface area contributed by atoms with E-state index in [2.05, 4.69) is 37.5 Å². The van der Waals surface area contributed by atoms with Crippen LogP contribution in [0.5, 0.6) is 0 Å². The second-order valence-electron chi connectivity index (χ2n) is 5.22. The molecule has 0 bridgehead atoms. The Labute approximate surface area is 154 Å². The van der Waals surface area contributed by atoms with Crippen molar-refractivity contribution in [2.24, 2.45) is 0 Å². The second-order valence-corrected chi connectivity index (χ2v) is 6.87. The Morgan fingerprint density at radius 1 is 1.26 bits per heavy atom. The highest BCUT2D eigenvalue weighted by molar-refractivity contribution is 14.1. The van der Waals surface area contributed by atoms with Gasteiger partial charge in [0.25, 0.3) is 0 Å². The van der Waals surface area contributed by atoms with Gasteiger partial charge in [-0.3, -0.25) is 0 Å². The van der Waals surface area contributed by atoms with Crippen LogP contribution >= 0.6 is 34.2 Å². The van der Waals surface area contributed by atoms with Crippen molar-refractivity contribution >= 4 is 34.2 Å². The summed E-state index contributed by atoms with van der Waals surface area (Å²) in [6.45, 7) is 2.61.